The SMILES string of the molecule is CCC(CBr)COc1ccc(C)cc1OC. The summed E-state index contributed by atoms with van der Waals surface area (Å²) in [7, 11) is 1.67. The maximum absolute atomic E-state index is 5.77. The van der Waals surface area contributed by atoms with E-state index in [1.807, 2.05) is 25.1 Å². The second-order valence-electron chi connectivity index (χ2n) is 3.89. The Labute approximate surface area is 106 Å². The molecule has 0 saturated heterocycles. The molecule has 16 heavy (non-hydrogen) atoms. The fraction of sp³-hybridized carbons (Fsp3) is 0.538. The van der Waals surface area contributed by atoms with Gasteiger partial charge in [-0.05, 0) is 31.0 Å². The highest BCUT2D eigenvalue weighted by Crippen LogP contribution is 2.28. The third-order valence-corrected chi connectivity index (χ3v) is 3.50. The number of alkyl halides is 1. The molecule has 0 N–H and O–H groups in total. The first kappa shape index (κ1) is 13.4. The van der Waals surface area contributed by atoms with Crippen molar-refractivity contribution in [3.05, 3.63) is 23.8 Å². The number of benzene rings is 1. The van der Waals surface area contributed by atoms with Gasteiger partial charge in [-0.15, -0.1) is 0 Å². The quantitative estimate of drug-likeness (QED) is 0.741. The Morgan fingerprint density at radius 2 is 2.06 bits per heavy atom. The molecule has 0 heterocycles. The van der Waals surface area contributed by atoms with Crippen LogP contribution in [0.1, 0.15) is 18.9 Å². The van der Waals surface area contributed by atoms with Gasteiger partial charge >= 0.3 is 0 Å². The Kier molecular flexibility index (Phi) is 5.67. The van der Waals surface area contributed by atoms with E-state index in [1.165, 1.54) is 5.56 Å². The molecule has 90 valence electrons. The Balaban J connectivity index is 2.65. The second-order valence-corrected chi connectivity index (χ2v) is 4.54. The second kappa shape index (κ2) is 6.79. The summed E-state index contributed by atoms with van der Waals surface area (Å²) >= 11 is 3.49. The summed E-state index contributed by atoms with van der Waals surface area (Å²) in [5.41, 5.74) is 1.18. The Morgan fingerprint density at radius 1 is 1.31 bits per heavy atom. The van der Waals surface area contributed by atoms with Gasteiger partial charge in [0.25, 0.3) is 0 Å². The highest BCUT2D eigenvalue weighted by atomic mass is 79.9. The van der Waals surface area contributed by atoms with Crippen LogP contribution in [0.25, 0.3) is 0 Å². The maximum atomic E-state index is 5.77. The van der Waals surface area contributed by atoms with Gasteiger partial charge in [0.1, 0.15) is 0 Å². The molecule has 0 aliphatic heterocycles. The average Bonchev–Trinajstić information content (AvgIpc) is 2.31. The van der Waals surface area contributed by atoms with E-state index >= 15 is 0 Å². The van der Waals surface area contributed by atoms with Crippen LogP contribution in [0.3, 0.4) is 0 Å². The summed E-state index contributed by atoms with van der Waals surface area (Å²) in [6.45, 7) is 4.93. The summed E-state index contributed by atoms with van der Waals surface area (Å²) in [6, 6.07) is 5.99. The van der Waals surface area contributed by atoms with Crippen LogP contribution >= 0.6 is 15.9 Å². The summed E-state index contributed by atoms with van der Waals surface area (Å²) in [5.74, 6) is 2.18. The van der Waals surface area contributed by atoms with E-state index in [2.05, 4.69) is 22.9 Å². The van der Waals surface area contributed by atoms with Crippen LogP contribution < -0.4 is 9.47 Å². The summed E-state index contributed by atoms with van der Waals surface area (Å²) < 4.78 is 11.1. The number of aryl methyl sites for hydroxylation is 1. The average molecular weight is 287 g/mol. The lowest BCUT2D eigenvalue weighted by molar-refractivity contribution is 0.247. The minimum atomic E-state index is 0.547. The molecule has 0 saturated carbocycles. The van der Waals surface area contributed by atoms with E-state index in [1.54, 1.807) is 7.11 Å². The first-order chi connectivity index (χ1) is 7.71. The number of halogens is 1. The normalized spacial score (nSPS) is 12.2. The lowest BCUT2D eigenvalue weighted by Gasteiger charge is -2.15. The maximum Gasteiger partial charge on any atom is 0.161 e. The molecule has 0 spiro atoms. The van der Waals surface area contributed by atoms with Crippen molar-refractivity contribution >= 4 is 15.9 Å². The van der Waals surface area contributed by atoms with E-state index in [0.29, 0.717) is 5.92 Å². The molecule has 0 amide bonds. The lowest BCUT2D eigenvalue weighted by Crippen LogP contribution is -2.12. The number of rotatable bonds is 6. The topological polar surface area (TPSA) is 18.5 Å². The molecule has 1 aromatic carbocycles. The monoisotopic (exact) mass is 286 g/mol. The van der Waals surface area contributed by atoms with E-state index in [0.717, 1.165) is 29.9 Å². The molecule has 1 atom stereocenters. The van der Waals surface area contributed by atoms with Crippen LogP contribution in [0.4, 0.5) is 0 Å². The third kappa shape index (κ3) is 3.71. The van der Waals surface area contributed by atoms with Gasteiger partial charge < -0.3 is 9.47 Å². The molecular weight excluding hydrogens is 268 g/mol. The van der Waals surface area contributed by atoms with Crippen LogP contribution in [0, 0.1) is 12.8 Å². The Morgan fingerprint density at radius 3 is 2.62 bits per heavy atom. The third-order valence-electron chi connectivity index (χ3n) is 2.59. The summed E-state index contributed by atoms with van der Waals surface area (Å²) in [6.07, 6.45) is 1.11. The number of hydrogen-bond donors (Lipinski definition) is 0. The highest BCUT2D eigenvalue weighted by Gasteiger charge is 2.08. The first-order valence-electron chi connectivity index (χ1n) is 5.54. The molecule has 1 rings (SSSR count). The fourth-order valence-electron chi connectivity index (χ4n) is 1.37. The Hall–Kier alpha value is -0.700. The van der Waals surface area contributed by atoms with Crippen LogP contribution in [0.5, 0.6) is 11.5 Å². The smallest absolute Gasteiger partial charge is 0.161 e. The van der Waals surface area contributed by atoms with Gasteiger partial charge in [0.2, 0.25) is 0 Å². The van der Waals surface area contributed by atoms with Gasteiger partial charge in [0.15, 0.2) is 11.5 Å². The zero-order chi connectivity index (χ0) is 12.0. The largest absolute Gasteiger partial charge is 0.493 e. The molecule has 0 aliphatic carbocycles. The van der Waals surface area contributed by atoms with Gasteiger partial charge in [0, 0.05) is 11.2 Å². The van der Waals surface area contributed by atoms with E-state index in [-0.39, 0.29) is 0 Å². The van der Waals surface area contributed by atoms with Gasteiger partial charge in [-0.3, -0.25) is 0 Å². The van der Waals surface area contributed by atoms with Crippen LogP contribution in [-0.2, 0) is 0 Å². The zero-order valence-electron chi connectivity index (χ0n) is 10.1. The van der Waals surface area contributed by atoms with Crippen molar-refractivity contribution < 1.29 is 9.47 Å². The van der Waals surface area contributed by atoms with Gasteiger partial charge in [-0.25, -0.2) is 0 Å². The minimum absolute atomic E-state index is 0.547. The van der Waals surface area contributed by atoms with Crippen molar-refractivity contribution in [1.29, 1.82) is 0 Å². The van der Waals surface area contributed by atoms with Gasteiger partial charge in [0.05, 0.1) is 13.7 Å². The number of ether oxygens (including phenoxy) is 2. The number of hydrogen-bond acceptors (Lipinski definition) is 2. The van der Waals surface area contributed by atoms with Crippen molar-refractivity contribution in [2.75, 3.05) is 19.0 Å². The van der Waals surface area contributed by atoms with Crippen molar-refractivity contribution in [3.63, 3.8) is 0 Å². The molecule has 0 bridgehead atoms. The number of methoxy groups -OCH3 is 1. The van der Waals surface area contributed by atoms with E-state index < -0.39 is 0 Å². The minimum Gasteiger partial charge on any atom is -0.493 e. The molecular formula is C13H19BrO2. The molecule has 0 aliphatic rings. The lowest BCUT2D eigenvalue weighted by atomic mass is 10.1. The fourth-order valence-corrected chi connectivity index (χ4v) is 2.02. The molecule has 0 aromatic heterocycles. The summed E-state index contributed by atoms with van der Waals surface area (Å²) in [5, 5.41) is 0.970. The van der Waals surface area contributed by atoms with Gasteiger partial charge in [-0.1, -0.05) is 28.9 Å². The molecule has 0 fully saturated rings. The van der Waals surface area contributed by atoms with E-state index in [9.17, 15) is 0 Å². The van der Waals surface area contributed by atoms with Crippen LogP contribution in [0.2, 0.25) is 0 Å². The highest BCUT2D eigenvalue weighted by molar-refractivity contribution is 9.09. The van der Waals surface area contributed by atoms with Crippen LogP contribution in [0.15, 0.2) is 18.2 Å². The predicted octanol–water partition coefficient (Wildman–Crippen LogP) is 3.80. The standard InChI is InChI=1S/C13H19BrO2/c1-4-11(8-14)9-16-12-6-5-10(2)7-13(12)15-3/h5-7,11H,4,8-9H2,1-3H3. The predicted molar refractivity (Wildman–Crippen MR) is 70.8 cm³/mol. The molecule has 1 unspecified atom stereocenters. The Bertz CT molecular complexity index is 322. The van der Waals surface area contributed by atoms with Crippen molar-refractivity contribution in [1.82, 2.24) is 0 Å². The summed E-state index contributed by atoms with van der Waals surface area (Å²) in [4.78, 5) is 0. The zero-order valence-corrected chi connectivity index (χ0v) is 11.7. The first-order valence-corrected chi connectivity index (χ1v) is 6.66. The van der Waals surface area contributed by atoms with E-state index in [4.69, 9.17) is 9.47 Å². The molecule has 2 nitrogen and oxygen atoms in total. The molecule has 0 radical (unpaired) electrons. The van der Waals surface area contributed by atoms with Crippen molar-refractivity contribution in [2.45, 2.75) is 20.3 Å². The van der Waals surface area contributed by atoms with Gasteiger partial charge in [-0.2, -0.15) is 0 Å². The van der Waals surface area contributed by atoms with Crippen molar-refractivity contribution in [3.8, 4) is 11.5 Å². The molecule has 3 heteroatoms. The van der Waals surface area contributed by atoms with Crippen molar-refractivity contribution in [2.24, 2.45) is 5.92 Å². The van der Waals surface area contributed by atoms with Crippen LogP contribution in [-0.4, -0.2) is 19.0 Å². The molecule has 1 aromatic rings.